The minimum atomic E-state index is -4.50. The van der Waals surface area contributed by atoms with E-state index in [9.17, 15) is 18.3 Å². The second kappa shape index (κ2) is 6.70. The van der Waals surface area contributed by atoms with E-state index in [1.54, 1.807) is 6.92 Å². The van der Waals surface area contributed by atoms with E-state index in [-0.39, 0.29) is 17.0 Å². The predicted octanol–water partition coefficient (Wildman–Crippen LogP) is 3.65. The minimum Gasteiger partial charge on any atom is -0.390 e. The van der Waals surface area contributed by atoms with Crippen LogP contribution < -0.4 is 5.32 Å². The number of aliphatic hydroxyl groups is 1. The number of anilines is 1. The Morgan fingerprint density at radius 1 is 1.35 bits per heavy atom. The first-order valence-electron chi connectivity index (χ1n) is 8.18. The molecule has 0 unspecified atom stereocenters. The van der Waals surface area contributed by atoms with E-state index in [0.29, 0.717) is 37.1 Å². The van der Waals surface area contributed by atoms with Crippen molar-refractivity contribution in [3.63, 3.8) is 0 Å². The third-order valence-electron chi connectivity index (χ3n) is 4.61. The molecule has 2 heterocycles. The van der Waals surface area contributed by atoms with E-state index >= 15 is 0 Å². The summed E-state index contributed by atoms with van der Waals surface area (Å²) >= 11 is 5.87. The molecule has 2 N–H and O–H groups in total. The van der Waals surface area contributed by atoms with Gasteiger partial charge in [0.05, 0.1) is 16.9 Å². The molecular weight excluding hydrogens is 371 g/mol. The van der Waals surface area contributed by atoms with Gasteiger partial charge in [-0.3, -0.25) is 4.68 Å². The van der Waals surface area contributed by atoms with E-state index in [1.807, 2.05) is 0 Å². The Balaban J connectivity index is 1.90. The van der Waals surface area contributed by atoms with Crippen LogP contribution in [0.3, 0.4) is 0 Å². The fourth-order valence-electron chi connectivity index (χ4n) is 3.10. The molecule has 26 heavy (non-hydrogen) atoms. The normalized spacial score (nSPS) is 23.9. The molecule has 0 spiro atoms. The van der Waals surface area contributed by atoms with Crippen molar-refractivity contribution in [3.8, 4) is 11.3 Å². The highest BCUT2D eigenvalue weighted by atomic mass is 35.5. The highest BCUT2D eigenvalue weighted by molar-refractivity contribution is 6.28. The van der Waals surface area contributed by atoms with Crippen LogP contribution in [0.4, 0.5) is 19.0 Å². The molecule has 2 aromatic heterocycles. The average molecular weight is 390 g/mol. The number of rotatable bonds is 3. The first-order chi connectivity index (χ1) is 12.0. The Hall–Kier alpha value is -1.87. The van der Waals surface area contributed by atoms with Gasteiger partial charge in [0.25, 0.3) is 0 Å². The number of hydrogen-bond acceptors (Lipinski definition) is 5. The zero-order chi connectivity index (χ0) is 19.1. The lowest BCUT2D eigenvalue weighted by molar-refractivity contribution is -0.143. The Labute approximate surface area is 153 Å². The molecule has 0 atom stereocenters. The van der Waals surface area contributed by atoms with Crippen LogP contribution in [0.1, 0.15) is 38.3 Å². The highest BCUT2D eigenvalue weighted by Gasteiger charge is 2.35. The maximum absolute atomic E-state index is 13.0. The number of aromatic nitrogens is 4. The lowest BCUT2D eigenvalue weighted by atomic mass is 9.83. The van der Waals surface area contributed by atoms with Gasteiger partial charge in [0.2, 0.25) is 5.28 Å². The van der Waals surface area contributed by atoms with E-state index in [4.69, 9.17) is 11.6 Å². The number of hydrogen-bond donors (Lipinski definition) is 2. The maximum atomic E-state index is 13.0. The third kappa shape index (κ3) is 4.09. The van der Waals surface area contributed by atoms with E-state index in [1.165, 1.54) is 13.2 Å². The second-order valence-electron chi connectivity index (χ2n) is 6.85. The van der Waals surface area contributed by atoms with Gasteiger partial charge in [-0.15, -0.1) is 0 Å². The summed E-state index contributed by atoms with van der Waals surface area (Å²) in [5.41, 5.74) is -1.09. The third-order valence-corrected chi connectivity index (χ3v) is 4.79. The van der Waals surface area contributed by atoms with Crippen molar-refractivity contribution in [2.45, 2.75) is 50.4 Å². The van der Waals surface area contributed by atoms with Gasteiger partial charge in [-0.1, -0.05) is 0 Å². The molecule has 1 aliphatic carbocycles. The van der Waals surface area contributed by atoms with Gasteiger partial charge in [-0.2, -0.15) is 18.3 Å². The molecule has 1 aliphatic rings. The lowest BCUT2D eigenvalue weighted by Crippen LogP contribution is -2.36. The SMILES string of the molecule is Cn1nc(-c2cnc(Cl)nc2NC2CCC(C)(O)CC2)cc1C(F)(F)F. The van der Waals surface area contributed by atoms with Crippen molar-refractivity contribution in [3.05, 3.63) is 23.2 Å². The van der Waals surface area contributed by atoms with Crippen LogP contribution in [-0.4, -0.2) is 36.5 Å². The Morgan fingerprint density at radius 2 is 2.00 bits per heavy atom. The summed E-state index contributed by atoms with van der Waals surface area (Å²) in [7, 11) is 1.24. The molecule has 6 nitrogen and oxygen atoms in total. The molecule has 142 valence electrons. The highest BCUT2D eigenvalue weighted by Crippen LogP contribution is 2.35. The quantitative estimate of drug-likeness (QED) is 0.783. The summed E-state index contributed by atoms with van der Waals surface area (Å²) in [6.07, 6.45) is -0.468. The fourth-order valence-corrected chi connectivity index (χ4v) is 3.23. The van der Waals surface area contributed by atoms with Crippen LogP contribution >= 0.6 is 11.6 Å². The van der Waals surface area contributed by atoms with Gasteiger partial charge in [-0.05, 0) is 50.3 Å². The molecule has 1 fully saturated rings. The van der Waals surface area contributed by atoms with Crippen LogP contribution in [-0.2, 0) is 13.2 Å². The zero-order valence-electron chi connectivity index (χ0n) is 14.3. The van der Waals surface area contributed by atoms with E-state index < -0.39 is 17.5 Å². The van der Waals surface area contributed by atoms with Gasteiger partial charge >= 0.3 is 6.18 Å². The molecule has 0 aromatic carbocycles. The van der Waals surface area contributed by atoms with Crippen molar-refractivity contribution in [2.75, 3.05) is 5.32 Å². The van der Waals surface area contributed by atoms with Crippen molar-refractivity contribution in [2.24, 2.45) is 7.05 Å². The minimum absolute atomic E-state index is 0.00830. The molecule has 3 rings (SSSR count). The van der Waals surface area contributed by atoms with Crippen molar-refractivity contribution in [1.29, 1.82) is 0 Å². The Kier molecular flexibility index (Phi) is 4.87. The first-order valence-corrected chi connectivity index (χ1v) is 8.56. The van der Waals surface area contributed by atoms with Crippen LogP contribution in [0.2, 0.25) is 5.28 Å². The number of nitrogens with one attached hydrogen (secondary N) is 1. The molecule has 0 saturated heterocycles. The predicted molar refractivity (Wildman–Crippen MR) is 90.7 cm³/mol. The molecule has 0 bridgehead atoms. The fraction of sp³-hybridized carbons (Fsp3) is 0.562. The molecule has 0 amide bonds. The smallest absolute Gasteiger partial charge is 0.390 e. The monoisotopic (exact) mass is 389 g/mol. The molecule has 0 aliphatic heterocycles. The Morgan fingerprint density at radius 3 is 2.58 bits per heavy atom. The summed E-state index contributed by atoms with van der Waals surface area (Å²) in [5.74, 6) is 0.336. The van der Waals surface area contributed by atoms with Gasteiger partial charge in [0.15, 0.2) is 0 Å². The number of halogens is 4. The molecule has 0 radical (unpaired) electrons. The summed E-state index contributed by atoms with van der Waals surface area (Å²) < 4.78 is 39.9. The van der Waals surface area contributed by atoms with Crippen LogP contribution in [0.25, 0.3) is 11.3 Å². The maximum Gasteiger partial charge on any atom is 0.433 e. The molecule has 2 aromatic rings. The molecule has 1 saturated carbocycles. The van der Waals surface area contributed by atoms with Gasteiger partial charge < -0.3 is 10.4 Å². The standard InChI is InChI=1S/C16H19ClF3N5O/c1-15(26)5-3-9(4-6-15)22-13-10(8-21-14(17)23-13)11-7-12(16(18,19)20)25(2)24-11/h7-9,26H,3-6H2,1-2H3,(H,21,22,23). The van der Waals surface area contributed by atoms with E-state index in [0.717, 1.165) is 10.7 Å². The summed E-state index contributed by atoms with van der Waals surface area (Å²) in [6.45, 7) is 1.79. The van der Waals surface area contributed by atoms with Crippen LogP contribution in [0.5, 0.6) is 0 Å². The Bertz CT molecular complexity index is 796. The average Bonchev–Trinajstić information content (AvgIpc) is 2.91. The van der Waals surface area contributed by atoms with Crippen molar-refractivity contribution >= 4 is 17.4 Å². The zero-order valence-corrected chi connectivity index (χ0v) is 15.1. The largest absolute Gasteiger partial charge is 0.433 e. The number of aryl methyl sites for hydroxylation is 1. The first kappa shape index (κ1) is 18.9. The van der Waals surface area contributed by atoms with Gasteiger partial charge in [0, 0.05) is 19.3 Å². The molecular formula is C16H19ClF3N5O. The van der Waals surface area contributed by atoms with Crippen molar-refractivity contribution < 1.29 is 18.3 Å². The summed E-state index contributed by atoms with van der Waals surface area (Å²) in [6, 6.07) is 0.995. The molecule has 10 heteroatoms. The summed E-state index contributed by atoms with van der Waals surface area (Å²) in [5, 5.41) is 17.2. The van der Waals surface area contributed by atoms with Crippen molar-refractivity contribution in [1.82, 2.24) is 19.7 Å². The summed E-state index contributed by atoms with van der Waals surface area (Å²) in [4.78, 5) is 8.01. The number of nitrogens with zero attached hydrogens (tertiary/aromatic N) is 4. The van der Waals surface area contributed by atoms with Gasteiger partial charge in [0.1, 0.15) is 11.5 Å². The lowest BCUT2D eigenvalue weighted by Gasteiger charge is -2.33. The van der Waals surface area contributed by atoms with Gasteiger partial charge in [-0.25, -0.2) is 9.97 Å². The van der Waals surface area contributed by atoms with Crippen LogP contribution in [0.15, 0.2) is 12.3 Å². The second-order valence-corrected chi connectivity index (χ2v) is 7.19. The van der Waals surface area contributed by atoms with Crippen LogP contribution in [0, 0.1) is 0 Å². The number of alkyl halides is 3. The topological polar surface area (TPSA) is 75.9 Å². The van der Waals surface area contributed by atoms with E-state index in [2.05, 4.69) is 20.4 Å².